The molecular weight excluding hydrogens is 354 g/mol. The Kier molecular flexibility index (Phi) is 4.17. The van der Waals surface area contributed by atoms with E-state index in [2.05, 4.69) is 15.9 Å². The van der Waals surface area contributed by atoms with Crippen molar-refractivity contribution < 1.29 is 14.3 Å². The smallest absolute Gasteiger partial charge is 0.264 e. The van der Waals surface area contributed by atoms with Gasteiger partial charge >= 0.3 is 0 Å². The van der Waals surface area contributed by atoms with Gasteiger partial charge in [-0.1, -0.05) is 6.07 Å². The largest absolute Gasteiger partial charge is 0.454 e. The SMILES string of the molecule is CCN(Cc1ccc2c(c1)OCO2)C(=O)c1ccc(Br)s1. The number of nitrogens with zero attached hydrogens (tertiary/aromatic N) is 1. The van der Waals surface area contributed by atoms with Crippen LogP contribution in [-0.4, -0.2) is 24.1 Å². The van der Waals surface area contributed by atoms with Gasteiger partial charge in [0.25, 0.3) is 5.91 Å². The molecule has 0 unspecified atom stereocenters. The third kappa shape index (κ3) is 3.06. The Bertz CT molecular complexity index is 671. The van der Waals surface area contributed by atoms with Gasteiger partial charge in [0.15, 0.2) is 11.5 Å². The molecule has 110 valence electrons. The Morgan fingerprint density at radius 3 is 2.81 bits per heavy atom. The minimum absolute atomic E-state index is 0.0471. The lowest BCUT2D eigenvalue weighted by atomic mass is 10.2. The lowest BCUT2D eigenvalue weighted by Gasteiger charge is -2.20. The van der Waals surface area contributed by atoms with Crippen molar-refractivity contribution in [1.82, 2.24) is 4.90 Å². The molecule has 1 aliphatic rings. The van der Waals surface area contributed by atoms with Gasteiger partial charge in [0.05, 0.1) is 8.66 Å². The quantitative estimate of drug-likeness (QED) is 0.822. The summed E-state index contributed by atoms with van der Waals surface area (Å²) in [5.41, 5.74) is 1.03. The van der Waals surface area contributed by atoms with Gasteiger partial charge in [-0.3, -0.25) is 4.79 Å². The van der Waals surface area contributed by atoms with Crippen molar-refractivity contribution >= 4 is 33.2 Å². The van der Waals surface area contributed by atoms with E-state index in [0.717, 1.165) is 25.7 Å². The number of thiophene rings is 1. The first-order valence-electron chi connectivity index (χ1n) is 6.60. The van der Waals surface area contributed by atoms with Gasteiger partial charge in [0.2, 0.25) is 6.79 Å². The number of hydrogen-bond acceptors (Lipinski definition) is 4. The Balaban J connectivity index is 1.76. The van der Waals surface area contributed by atoms with E-state index in [0.29, 0.717) is 13.1 Å². The fourth-order valence-corrected chi connectivity index (χ4v) is 3.53. The number of hydrogen-bond donors (Lipinski definition) is 0. The summed E-state index contributed by atoms with van der Waals surface area (Å²) in [5, 5.41) is 0. The molecule has 0 atom stereocenters. The molecule has 0 aliphatic carbocycles. The molecule has 4 nitrogen and oxygen atoms in total. The van der Waals surface area contributed by atoms with Gasteiger partial charge in [0, 0.05) is 13.1 Å². The van der Waals surface area contributed by atoms with E-state index < -0.39 is 0 Å². The number of fused-ring (bicyclic) bond motifs is 1. The molecule has 3 rings (SSSR count). The van der Waals surface area contributed by atoms with Crippen molar-refractivity contribution in [2.45, 2.75) is 13.5 Å². The molecule has 1 aromatic carbocycles. The highest BCUT2D eigenvalue weighted by atomic mass is 79.9. The molecule has 1 aromatic heterocycles. The molecular formula is C15H14BrNO3S. The van der Waals surface area contributed by atoms with Crippen LogP contribution in [0.5, 0.6) is 11.5 Å². The Morgan fingerprint density at radius 2 is 2.10 bits per heavy atom. The number of carbonyl (C=O) groups excluding carboxylic acids is 1. The molecule has 21 heavy (non-hydrogen) atoms. The minimum Gasteiger partial charge on any atom is -0.454 e. The summed E-state index contributed by atoms with van der Waals surface area (Å²) < 4.78 is 11.6. The number of amides is 1. The first-order valence-corrected chi connectivity index (χ1v) is 8.21. The summed E-state index contributed by atoms with van der Waals surface area (Å²) in [6.45, 7) is 3.45. The van der Waals surface area contributed by atoms with Crippen LogP contribution >= 0.6 is 27.3 Å². The van der Waals surface area contributed by atoms with E-state index in [1.165, 1.54) is 11.3 Å². The van der Waals surface area contributed by atoms with E-state index in [4.69, 9.17) is 9.47 Å². The van der Waals surface area contributed by atoms with Crippen LogP contribution in [0.1, 0.15) is 22.2 Å². The van der Waals surface area contributed by atoms with E-state index in [1.807, 2.05) is 42.2 Å². The summed E-state index contributed by atoms with van der Waals surface area (Å²) in [7, 11) is 0. The Morgan fingerprint density at radius 1 is 1.29 bits per heavy atom. The number of benzene rings is 1. The number of ether oxygens (including phenoxy) is 2. The second kappa shape index (κ2) is 6.07. The van der Waals surface area contributed by atoms with Crippen LogP contribution in [0, 0.1) is 0 Å². The van der Waals surface area contributed by atoms with Gasteiger partial charge in [-0.15, -0.1) is 11.3 Å². The van der Waals surface area contributed by atoms with Crippen molar-refractivity contribution in [3.8, 4) is 11.5 Å². The van der Waals surface area contributed by atoms with E-state index >= 15 is 0 Å². The molecule has 2 heterocycles. The van der Waals surface area contributed by atoms with Gasteiger partial charge in [0.1, 0.15) is 0 Å². The predicted octanol–water partition coefficient (Wildman–Crippen LogP) is 3.90. The van der Waals surface area contributed by atoms with Crippen molar-refractivity contribution in [2.75, 3.05) is 13.3 Å². The van der Waals surface area contributed by atoms with Crippen molar-refractivity contribution in [1.29, 1.82) is 0 Å². The van der Waals surface area contributed by atoms with E-state index in [9.17, 15) is 4.79 Å². The highest BCUT2D eigenvalue weighted by Crippen LogP contribution is 2.33. The van der Waals surface area contributed by atoms with Gasteiger partial charge in [-0.25, -0.2) is 0 Å². The third-order valence-corrected chi connectivity index (χ3v) is 4.87. The van der Waals surface area contributed by atoms with Crippen molar-refractivity contribution in [3.05, 3.63) is 44.6 Å². The predicted molar refractivity (Wildman–Crippen MR) is 85.0 cm³/mol. The van der Waals surface area contributed by atoms with E-state index in [1.54, 1.807) is 0 Å². The number of rotatable bonds is 4. The molecule has 0 saturated carbocycles. The molecule has 6 heteroatoms. The third-order valence-electron chi connectivity index (χ3n) is 3.26. The minimum atomic E-state index is 0.0471. The molecule has 0 spiro atoms. The van der Waals surface area contributed by atoms with Gasteiger partial charge in [-0.2, -0.15) is 0 Å². The molecule has 1 aliphatic heterocycles. The maximum Gasteiger partial charge on any atom is 0.264 e. The maximum atomic E-state index is 12.5. The lowest BCUT2D eigenvalue weighted by molar-refractivity contribution is 0.0757. The zero-order valence-corrected chi connectivity index (χ0v) is 13.9. The molecule has 0 radical (unpaired) electrons. The van der Waals surface area contributed by atoms with Crippen LogP contribution in [0.4, 0.5) is 0 Å². The van der Waals surface area contributed by atoms with Crippen LogP contribution in [0.2, 0.25) is 0 Å². The van der Waals surface area contributed by atoms with Gasteiger partial charge < -0.3 is 14.4 Å². The molecule has 2 aromatic rings. The zero-order chi connectivity index (χ0) is 14.8. The van der Waals surface area contributed by atoms with E-state index in [-0.39, 0.29) is 12.7 Å². The highest BCUT2D eigenvalue weighted by molar-refractivity contribution is 9.11. The van der Waals surface area contributed by atoms with Crippen molar-refractivity contribution in [3.63, 3.8) is 0 Å². The number of carbonyl (C=O) groups is 1. The fourth-order valence-electron chi connectivity index (χ4n) is 2.17. The van der Waals surface area contributed by atoms with Crippen LogP contribution in [0.3, 0.4) is 0 Å². The normalized spacial score (nSPS) is 12.5. The average molecular weight is 368 g/mol. The summed E-state index contributed by atoms with van der Waals surface area (Å²) in [4.78, 5) is 15.0. The van der Waals surface area contributed by atoms with Gasteiger partial charge in [-0.05, 0) is 52.7 Å². The van der Waals surface area contributed by atoms with Crippen LogP contribution in [0.25, 0.3) is 0 Å². The lowest BCUT2D eigenvalue weighted by Crippen LogP contribution is -2.29. The maximum absolute atomic E-state index is 12.5. The fraction of sp³-hybridized carbons (Fsp3) is 0.267. The standard InChI is InChI=1S/C15H14BrNO3S/c1-2-17(15(18)13-5-6-14(16)21-13)8-10-3-4-11-12(7-10)20-9-19-11/h3-7H,2,8-9H2,1H3. The highest BCUT2D eigenvalue weighted by Gasteiger charge is 2.18. The Hall–Kier alpha value is -1.53. The molecule has 0 saturated heterocycles. The molecule has 0 N–H and O–H groups in total. The van der Waals surface area contributed by atoms with Crippen molar-refractivity contribution in [2.24, 2.45) is 0 Å². The summed E-state index contributed by atoms with van der Waals surface area (Å²) in [5.74, 6) is 1.55. The zero-order valence-electron chi connectivity index (χ0n) is 11.5. The van der Waals surface area contributed by atoms with Crippen LogP contribution in [-0.2, 0) is 6.54 Å². The molecule has 1 amide bonds. The molecule has 0 fully saturated rings. The van der Waals surface area contributed by atoms with Crippen LogP contribution in [0.15, 0.2) is 34.1 Å². The monoisotopic (exact) mass is 367 g/mol. The summed E-state index contributed by atoms with van der Waals surface area (Å²) in [6.07, 6.45) is 0. The molecule has 0 bridgehead atoms. The first kappa shape index (κ1) is 14.4. The van der Waals surface area contributed by atoms with Crippen LogP contribution < -0.4 is 9.47 Å². The number of halogens is 1. The summed E-state index contributed by atoms with van der Waals surface area (Å²) >= 11 is 4.84. The summed E-state index contributed by atoms with van der Waals surface area (Å²) in [6, 6.07) is 9.53. The second-order valence-corrected chi connectivity index (χ2v) is 7.07. The average Bonchev–Trinajstić information content (AvgIpc) is 3.12. The Labute approximate surface area is 135 Å². The first-order chi connectivity index (χ1) is 10.2. The second-order valence-electron chi connectivity index (χ2n) is 4.61. The topological polar surface area (TPSA) is 38.8 Å².